The first-order valence-electron chi connectivity index (χ1n) is 10.4. The monoisotopic (exact) mass is 414 g/mol. The van der Waals surface area contributed by atoms with Crippen LogP contribution in [0.15, 0.2) is 60.7 Å². The van der Waals surface area contributed by atoms with Crippen LogP contribution in [-0.4, -0.2) is 32.2 Å². The molecule has 0 saturated carbocycles. The van der Waals surface area contributed by atoms with Crippen LogP contribution in [-0.2, 0) is 13.2 Å². The van der Waals surface area contributed by atoms with Crippen molar-refractivity contribution in [3.05, 3.63) is 77.4 Å². The largest absolute Gasteiger partial charge is 0.496 e. The van der Waals surface area contributed by atoms with Crippen LogP contribution >= 0.6 is 0 Å². The first-order chi connectivity index (χ1) is 15.2. The average molecular weight is 415 g/mol. The first-order valence-corrected chi connectivity index (χ1v) is 10.4. The molecule has 0 amide bonds. The zero-order chi connectivity index (χ0) is 21.6. The third-order valence-corrected chi connectivity index (χ3v) is 5.65. The van der Waals surface area contributed by atoms with Gasteiger partial charge < -0.3 is 14.2 Å². The number of benzene rings is 3. The molecule has 1 fully saturated rings. The van der Waals surface area contributed by atoms with Crippen LogP contribution in [0.2, 0.25) is 0 Å². The lowest BCUT2D eigenvalue weighted by Crippen LogP contribution is -2.36. The van der Waals surface area contributed by atoms with E-state index >= 15 is 0 Å². The van der Waals surface area contributed by atoms with Gasteiger partial charge >= 0.3 is 0 Å². The number of methoxy groups -OCH3 is 2. The smallest absolute Gasteiger partial charge is 0.130 e. The molecule has 4 rings (SSSR count). The van der Waals surface area contributed by atoms with Crippen LogP contribution in [0.5, 0.6) is 17.2 Å². The zero-order valence-corrected chi connectivity index (χ0v) is 17.9. The van der Waals surface area contributed by atoms with Crippen molar-refractivity contribution in [1.82, 2.24) is 4.90 Å². The van der Waals surface area contributed by atoms with Gasteiger partial charge in [-0.05, 0) is 30.6 Å². The second kappa shape index (κ2) is 9.55. The molecule has 0 atom stereocenters. The fourth-order valence-electron chi connectivity index (χ4n) is 3.83. The van der Waals surface area contributed by atoms with Crippen molar-refractivity contribution in [3.63, 3.8) is 0 Å². The molecule has 3 aromatic carbocycles. The zero-order valence-electron chi connectivity index (χ0n) is 17.9. The lowest BCUT2D eigenvalue weighted by atomic mass is 9.96. The molecule has 0 bridgehead atoms. The average Bonchev–Trinajstić information content (AvgIpc) is 2.80. The van der Waals surface area contributed by atoms with Crippen LogP contribution in [0, 0.1) is 11.3 Å². The molecule has 0 spiro atoms. The van der Waals surface area contributed by atoms with Crippen molar-refractivity contribution in [2.24, 2.45) is 0 Å². The highest BCUT2D eigenvalue weighted by atomic mass is 16.5. The molecule has 0 aliphatic carbocycles. The van der Waals surface area contributed by atoms with E-state index in [2.05, 4.69) is 11.0 Å². The molecule has 3 aromatic rings. The number of likely N-dealkylation sites (tertiary alicyclic amines) is 1. The van der Waals surface area contributed by atoms with Gasteiger partial charge in [-0.1, -0.05) is 48.5 Å². The summed E-state index contributed by atoms with van der Waals surface area (Å²) in [5, 5.41) is 9.82. The van der Waals surface area contributed by atoms with Crippen LogP contribution in [0.1, 0.15) is 23.1 Å². The van der Waals surface area contributed by atoms with Crippen LogP contribution < -0.4 is 14.2 Å². The van der Waals surface area contributed by atoms with Gasteiger partial charge in [-0.15, -0.1) is 0 Å². The van der Waals surface area contributed by atoms with Gasteiger partial charge in [-0.25, -0.2) is 0 Å². The maximum atomic E-state index is 9.82. The fourth-order valence-corrected chi connectivity index (χ4v) is 3.83. The molecule has 0 aromatic heterocycles. The van der Waals surface area contributed by atoms with Gasteiger partial charge in [0.15, 0.2) is 0 Å². The Bertz CT molecular complexity index is 1060. The quantitative estimate of drug-likeness (QED) is 0.518. The Kier molecular flexibility index (Phi) is 6.40. The lowest BCUT2D eigenvalue weighted by Gasteiger charge is -2.31. The number of hydrogen-bond acceptors (Lipinski definition) is 5. The van der Waals surface area contributed by atoms with Gasteiger partial charge in [0.05, 0.1) is 25.3 Å². The SMILES string of the molecule is COc1cc(OCc2cccc(-c3ccccc3)c2C#N)cc(OC)c1CN1CCC1. The molecule has 5 nitrogen and oxygen atoms in total. The molecule has 0 radical (unpaired) electrons. The highest BCUT2D eigenvalue weighted by molar-refractivity contribution is 5.72. The molecule has 1 aliphatic rings. The predicted octanol–water partition coefficient (Wildman–Crippen LogP) is 5.03. The minimum Gasteiger partial charge on any atom is -0.496 e. The van der Waals surface area contributed by atoms with Crippen molar-refractivity contribution in [2.45, 2.75) is 19.6 Å². The Morgan fingerprint density at radius 2 is 1.65 bits per heavy atom. The number of ether oxygens (including phenoxy) is 3. The minimum atomic E-state index is 0.279. The van der Waals surface area contributed by atoms with Crippen molar-refractivity contribution in [3.8, 4) is 34.4 Å². The topological polar surface area (TPSA) is 54.7 Å². The van der Waals surface area contributed by atoms with Gasteiger partial charge in [0, 0.05) is 24.2 Å². The maximum absolute atomic E-state index is 9.82. The van der Waals surface area contributed by atoms with E-state index in [1.165, 1.54) is 6.42 Å². The maximum Gasteiger partial charge on any atom is 0.130 e. The summed E-state index contributed by atoms with van der Waals surface area (Å²) < 4.78 is 17.4. The molecular weight excluding hydrogens is 388 g/mol. The highest BCUT2D eigenvalue weighted by Gasteiger charge is 2.20. The Labute approximate surface area is 183 Å². The van der Waals surface area contributed by atoms with Crippen molar-refractivity contribution in [1.29, 1.82) is 5.26 Å². The standard InChI is InChI=1S/C26H26N2O3/c1-29-25-14-21(15-26(30-2)24(25)17-28-12-7-13-28)31-18-20-10-6-11-22(23(20)16-27)19-8-4-3-5-9-19/h3-6,8-11,14-15H,7,12-13,17-18H2,1-2H3. The Balaban J connectivity index is 1.59. The van der Waals surface area contributed by atoms with Gasteiger partial charge in [0.2, 0.25) is 0 Å². The Morgan fingerprint density at radius 1 is 0.935 bits per heavy atom. The van der Waals surface area contributed by atoms with E-state index in [0.29, 0.717) is 11.3 Å². The number of hydrogen-bond donors (Lipinski definition) is 0. The normalized spacial score (nSPS) is 13.2. The van der Waals surface area contributed by atoms with Crippen molar-refractivity contribution in [2.75, 3.05) is 27.3 Å². The van der Waals surface area contributed by atoms with E-state index in [0.717, 1.165) is 53.4 Å². The summed E-state index contributed by atoms with van der Waals surface area (Å²) in [5.41, 5.74) is 4.41. The minimum absolute atomic E-state index is 0.279. The van der Waals surface area contributed by atoms with Gasteiger partial charge in [-0.3, -0.25) is 4.90 Å². The van der Waals surface area contributed by atoms with E-state index in [1.54, 1.807) is 14.2 Å². The van der Waals surface area contributed by atoms with E-state index < -0.39 is 0 Å². The molecule has 31 heavy (non-hydrogen) atoms. The summed E-state index contributed by atoms with van der Waals surface area (Å²) in [4.78, 5) is 2.36. The molecule has 1 heterocycles. The van der Waals surface area contributed by atoms with Crippen molar-refractivity contribution < 1.29 is 14.2 Å². The van der Waals surface area contributed by atoms with E-state index in [4.69, 9.17) is 14.2 Å². The lowest BCUT2D eigenvalue weighted by molar-refractivity contribution is 0.168. The molecular formula is C26H26N2O3. The van der Waals surface area contributed by atoms with E-state index in [9.17, 15) is 5.26 Å². The molecule has 1 saturated heterocycles. The molecule has 5 heteroatoms. The molecule has 0 unspecified atom stereocenters. The van der Waals surface area contributed by atoms with Gasteiger partial charge in [-0.2, -0.15) is 5.26 Å². The number of nitrogens with zero attached hydrogens (tertiary/aromatic N) is 2. The van der Waals surface area contributed by atoms with E-state index in [-0.39, 0.29) is 6.61 Å². The molecule has 158 valence electrons. The molecule has 1 aliphatic heterocycles. The number of nitriles is 1. The summed E-state index contributed by atoms with van der Waals surface area (Å²) in [7, 11) is 3.32. The third kappa shape index (κ3) is 4.50. The molecule has 0 N–H and O–H groups in total. The summed E-state index contributed by atoms with van der Waals surface area (Å²) in [6.45, 7) is 3.27. The third-order valence-electron chi connectivity index (χ3n) is 5.65. The fraction of sp³-hybridized carbons (Fsp3) is 0.269. The van der Waals surface area contributed by atoms with Crippen LogP contribution in [0.25, 0.3) is 11.1 Å². The predicted molar refractivity (Wildman–Crippen MR) is 120 cm³/mol. The summed E-state index contributed by atoms with van der Waals surface area (Å²) in [5.74, 6) is 2.15. The summed E-state index contributed by atoms with van der Waals surface area (Å²) in [6, 6.07) is 21.9. The highest BCUT2D eigenvalue weighted by Crippen LogP contribution is 2.36. The van der Waals surface area contributed by atoms with Crippen molar-refractivity contribution >= 4 is 0 Å². The second-order valence-corrected chi connectivity index (χ2v) is 7.54. The summed E-state index contributed by atoms with van der Waals surface area (Å²) in [6.07, 6.45) is 1.23. The summed E-state index contributed by atoms with van der Waals surface area (Å²) >= 11 is 0. The second-order valence-electron chi connectivity index (χ2n) is 7.54. The van der Waals surface area contributed by atoms with E-state index in [1.807, 2.05) is 60.7 Å². The van der Waals surface area contributed by atoms with Gasteiger partial charge in [0.1, 0.15) is 29.9 Å². The number of rotatable bonds is 8. The Hall–Kier alpha value is -3.49. The first kappa shape index (κ1) is 20.8. The van der Waals surface area contributed by atoms with Crippen LogP contribution in [0.4, 0.5) is 0 Å². The van der Waals surface area contributed by atoms with Gasteiger partial charge in [0.25, 0.3) is 0 Å². The van der Waals surface area contributed by atoms with Crippen LogP contribution in [0.3, 0.4) is 0 Å². The Morgan fingerprint density at radius 3 is 2.23 bits per heavy atom.